The van der Waals surface area contributed by atoms with E-state index < -0.39 is 0 Å². The molecule has 0 bridgehead atoms. The number of aromatic nitrogens is 3. The van der Waals surface area contributed by atoms with E-state index in [1.165, 1.54) is 11.8 Å². The van der Waals surface area contributed by atoms with E-state index in [2.05, 4.69) is 36.4 Å². The van der Waals surface area contributed by atoms with Crippen LogP contribution in [0.5, 0.6) is 5.88 Å². The standard InChI is InChI=1S/C17H13BrN4OS/c1-24-17-20-16-14(21-22-17)12-4-2-3-5-13(12)19-15(23-16)10-6-8-11(18)9-7-10/h2-9,15,19H,1H3/t15-/m0/s1. The Morgan fingerprint density at radius 3 is 2.67 bits per heavy atom. The van der Waals surface area contributed by atoms with Crippen molar-refractivity contribution in [2.24, 2.45) is 0 Å². The van der Waals surface area contributed by atoms with Gasteiger partial charge < -0.3 is 10.1 Å². The summed E-state index contributed by atoms with van der Waals surface area (Å²) < 4.78 is 7.18. The SMILES string of the molecule is CSc1nnc2c(n1)O[C@@H](c1ccc(Br)cc1)Nc1ccccc1-2. The summed E-state index contributed by atoms with van der Waals surface area (Å²) in [4.78, 5) is 4.50. The lowest BCUT2D eigenvalue weighted by molar-refractivity contribution is 0.225. The van der Waals surface area contributed by atoms with E-state index in [0.29, 0.717) is 16.7 Å². The van der Waals surface area contributed by atoms with Gasteiger partial charge in [-0.05, 0) is 24.5 Å². The van der Waals surface area contributed by atoms with Crippen LogP contribution in [0.25, 0.3) is 11.3 Å². The molecule has 0 unspecified atom stereocenters. The van der Waals surface area contributed by atoms with Crippen LogP contribution in [0.4, 0.5) is 5.69 Å². The average molecular weight is 401 g/mol. The van der Waals surface area contributed by atoms with Gasteiger partial charge in [-0.15, -0.1) is 10.2 Å². The summed E-state index contributed by atoms with van der Waals surface area (Å²) in [6.45, 7) is 0. The number of para-hydroxylation sites is 1. The number of hydrogen-bond acceptors (Lipinski definition) is 6. The molecule has 2 heterocycles. The fraction of sp³-hybridized carbons (Fsp3) is 0.118. The van der Waals surface area contributed by atoms with Crippen molar-refractivity contribution in [1.29, 1.82) is 0 Å². The molecule has 1 aromatic heterocycles. The third kappa shape index (κ3) is 2.85. The number of ether oxygens (including phenoxy) is 1. The first-order valence-electron chi connectivity index (χ1n) is 7.31. The minimum absolute atomic E-state index is 0.355. The number of halogens is 1. The summed E-state index contributed by atoms with van der Waals surface area (Å²) >= 11 is 4.90. The van der Waals surface area contributed by atoms with Crippen molar-refractivity contribution < 1.29 is 4.74 Å². The molecule has 1 aliphatic rings. The van der Waals surface area contributed by atoms with E-state index in [1.807, 2.05) is 54.8 Å². The maximum atomic E-state index is 6.15. The maximum absolute atomic E-state index is 6.15. The van der Waals surface area contributed by atoms with E-state index in [1.54, 1.807) is 0 Å². The lowest BCUT2D eigenvalue weighted by Crippen LogP contribution is -2.17. The Morgan fingerprint density at radius 2 is 1.88 bits per heavy atom. The topological polar surface area (TPSA) is 59.9 Å². The first kappa shape index (κ1) is 15.4. The van der Waals surface area contributed by atoms with Gasteiger partial charge in [0.05, 0.1) is 0 Å². The summed E-state index contributed by atoms with van der Waals surface area (Å²) in [5, 5.41) is 12.5. The van der Waals surface area contributed by atoms with E-state index in [0.717, 1.165) is 21.3 Å². The molecule has 5 nitrogen and oxygen atoms in total. The zero-order valence-corrected chi connectivity index (χ0v) is 15.1. The quantitative estimate of drug-likeness (QED) is 0.637. The van der Waals surface area contributed by atoms with Gasteiger partial charge in [-0.25, -0.2) is 0 Å². The Balaban J connectivity index is 1.85. The highest BCUT2D eigenvalue weighted by molar-refractivity contribution is 9.10. The second-order valence-corrected chi connectivity index (χ2v) is 6.88. The van der Waals surface area contributed by atoms with Crippen molar-refractivity contribution in [2.75, 3.05) is 11.6 Å². The molecule has 1 aliphatic heterocycles. The minimum Gasteiger partial charge on any atom is -0.448 e. The predicted molar refractivity (Wildman–Crippen MR) is 98.2 cm³/mol. The van der Waals surface area contributed by atoms with Gasteiger partial charge in [-0.1, -0.05) is 58.0 Å². The molecular formula is C17H13BrN4OS. The Morgan fingerprint density at radius 1 is 1.08 bits per heavy atom. The Hall–Kier alpha value is -2.12. The number of anilines is 1. The highest BCUT2D eigenvalue weighted by atomic mass is 79.9. The largest absolute Gasteiger partial charge is 0.448 e. The molecule has 4 rings (SSSR count). The van der Waals surface area contributed by atoms with E-state index >= 15 is 0 Å². The van der Waals surface area contributed by atoms with Gasteiger partial charge in [0.1, 0.15) is 0 Å². The summed E-state index contributed by atoms with van der Waals surface area (Å²) in [6, 6.07) is 15.9. The number of hydrogen-bond donors (Lipinski definition) is 1. The number of rotatable bonds is 2. The second kappa shape index (κ2) is 6.41. The van der Waals surface area contributed by atoms with E-state index in [-0.39, 0.29) is 6.23 Å². The van der Waals surface area contributed by atoms with Crippen molar-refractivity contribution in [3.63, 3.8) is 0 Å². The van der Waals surface area contributed by atoms with Crippen LogP contribution in [0, 0.1) is 0 Å². The molecule has 0 amide bonds. The molecule has 0 saturated carbocycles. The third-order valence-corrected chi connectivity index (χ3v) is 4.76. The fourth-order valence-corrected chi connectivity index (χ4v) is 3.08. The highest BCUT2D eigenvalue weighted by Crippen LogP contribution is 2.39. The summed E-state index contributed by atoms with van der Waals surface area (Å²) in [5.74, 6) is 0.486. The Labute approximate surface area is 152 Å². The molecular weight excluding hydrogens is 388 g/mol. The predicted octanol–water partition coefficient (Wildman–Crippen LogP) is 4.53. The average Bonchev–Trinajstić information content (AvgIpc) is 2.78. The van der Waals surface area contributed by atoms with Crippen LogP contribution in [0.1, 0.15) is 11.8 Å². The molecule has 120 valence electrons. The van der Waals surface area contributed by atoms with Crippen molar-refractivity contribution in [3.8, 4) is 17.1 Å². The lowest BCUT2D eigenvalue weighted by Gasteiger charge is -2.19. The number of nitrogens with zero attached hydrogens (tertiary/aromatic N) is 3. The first-order valence-corrected chi connectivity index (χ1v) is 9.33. The molecule has 1 atom stereocenters. The normalized spacial score (nSPS) is 15.5. The molecule has 0 radical (unpaired) electrons. The summed E-state index contributed by atoms with van der Waals surface area (Å²) in [6.07, 6.45) is 1.56. The van der Waals surface area contributed by atoms with Gasteiger partial charge in [0.2, 0.25) is 11.0 Å². The molecule has 24 heavy (non-hydrogen) atoms. The van der Waals surface area contributed by atoms with E-state index in [9.17, 15) is 0 Å². The van der Waals surface area contributed by atoms with Crippen molar-refractivity contribution >= 4 is 33.4 Å². The van der Waals surface area contributed by atoms with Crippen LogP contribution >= 0.6 is 27.7 Å². The van der Waals surface area contributed by atoms with Gasteiger partial charge in [-0.3, -0.25) is 0 Å². The summed E-state index contributed by atoms with van der Waals surface area (Å²) in [7, 11) is 0. The molecule has 0 saturated heterocycles. The Kier molecular flexibility index (Phi) is 4.12. The minimum atomic E-state index is -0.355. The van der Waals surface area contributed by atoms with Gasteiger partial charge in [-0.2, -0.15) is 4.98 Å². The van der Waals surface area contributed by atoms with Crippen LogP contribution in [-0.2, 0) is 0 Å². The van der Waals surface area contributed by atoms with Crippen LogP contribution in [-0.4, -0.2) is 21.4 Å². The van der Waals surface area contributed by atoms with Crippen molar-refractivity contribution in [3.05, 3.63) is 58.6 Å². The van der Waals surface area contributed by atoms with E-state index in [4.69, 9.17) is 4.74 Å². The molecule has 2 aromatic carbocycles. The Bertz CT molecular complexity index is 888. The van der Waals surface area contributed by atoms with Crippen molar-refractivity contribution in [1.82, 2.24) is 15.2 Å². The van der Waals surface area contributed by atoms with Crippen LogP contribution in [0.15, 0.2) is 58.2 Å². The van der Waals surface area contributed by atoms with Gasteiger partial charge in [0, 0.05) is 21.3 Å². The number of benzene rings is 2. The van der Waals surface area contributed by atoms with Crippen LogP contribution in [0.2, 0.25) is 0 Å². The van der Waals surface area contributed by atoms with Gasteiger partial charge in [0.25, 0.3) is 0 Å². The zero-order valence-electron chi connectivity index (χ0n) is 12.7. The van der Waals surface area contributed by atoms with Gasteiger partial charge in [0.15, 0.2) is 11.9 Å². The fourth-order valence-electron chi connectivity index (χ4n) is 2.52. The molecule has 1 N–H and O–H groups in total. The third-order valence-electron chi connectivity index (χ3n) is 3.69. The summed E-state index contributed by atoms with van der Waals surface area (Å²) in [5.41, 5.74) is 3.53. The molecule has 0 spiro atoms. The van der Waals surface area contributed by atoms with Crippen molar-refractivity contribution in [2.45, 2.75) is 11.4 Å². The monoisotopic (exact) mass is 400 g/mol. The lowest BCUT2D eigenvalue weighted by atomic mass is 10.1. The van der Waals surface area contributed by atoms with Crippen LogP contribution < -0.4 is 10.1 Å². The zero-order chi connectivity index (χ0) is 16.5. The molecule has 7 heteroatoms. The molecule has 0 fully saturated rings. The molecule has 3 aromatic rings. The first-order chi connectivity index (χ1) is 11.7. The number of fused-ring (bicyclic) bond motifs is 3. The molecule has 0 aliphatic carbocycles. The smallest absolute Gasteiger partial charge is 0.247 e. The van der Waals surface area contributed by atoms with Crippen LogP contribution in [0.3, 0.4) is 0 Å². The maximum Gasteiger partial charge on any atom is 0.247 e. The highest BCUT2D eigenvalue weighted by Gasteiger charge is 2.25. The second-order valence-electron chi connectivity index (χ2n) is 5.19. The number of thioether (sulfide) groups is 1. The number of nitrogens with one attached hydrogen (secondary N) is 1. The van der Waals surface area contributed by atoms with Gasteiger partial charge >= 0.3 is 0 Å².